The first-order chi connectivity index (χ1) is 12.7. The number of rotatable bonds is 5. The zero-order chi connectivity index (χ0) is 19.6. The number of ether oxygens (including phenoxy) is 1. The third-order valence-corrected chi connectivity index (χ3v) is 4.87. The standard InChI is InChI=1S/C18H19F2IN4O2/c1-11(2)27-17-22-8-12(9-23-17)16(26)24-15-13(21)4-3-5-14(15)25-7-6-18(19,20)10-25/h3-5,8-9,11H,6-7,10H2,1-2H3,(H,24,26). The normalized spacial score (nSPS) is 15.9. The Kier molecular flexibility index (Phi) is 5.78. The first-order valence-electron chi connectivity index (χ1n) is 8.46. The number of alkyl halides is 2. The monoisotopic (exact) mass is 488 g/mol. The second-order valence-corrected chi connectivity index (χ2v) is 7.70. The lowest BCUT2D eigenvalue weighted by Gasteiger charge is -2.23. The van der Waals surface area contributed by atoms with E-state index in [1.807, 2.05) is 19.9 Å². The van der Waals surface area contributed by atoms with Crippen molar-refractivity contribution < 1.29 is 18.3 Å². The molecule has 1 aromatic heterocycles. The lowest BCUT2D eigenvalue weighted by molar-refractivity contribution is 0.0257. The molecule has 0 aliphatic carbocycles. The van der Waals surface area contributed by atoms with Gasteiger partial charge in [-0.1, -0.05) is 6.07 Å². The van der Waals surface area contributed by atoms with E-state index in [1.54, 1.807) is 17.0 Å². The van der Waals surface area contributed by atoms with Crippen LogP contribution in [0.25, 0.3) is 0 Å². The summed E-state index contributed by atoms with van der Waals surface area (Å²) in [7, 11) is 0. The summed E-state index contributed by atoms with van der Waals surface area (Å²) in [6, 6.07) is 5.51. The molecular formula is C18H19F2IN4O2. The van der Waals surface area contributed by atoms with Crippen LogP contribution in [0, 0.1) is 3.57 Å². The maximum atomic E-state index is 13.6. The largest absolute Gasteiger partial charge is 0.461 e. The maximum Gasteiger partial charge on any atom is 0.316 e. The van der Waals surface area contributed by atoms with Crippen molar-refractivity contribution in [3.8, 4) is 6.01 Å². The van der Waals surface area contributed by atoms with Gasteiger partial charge < -0.3 is 15.0 Å². The summed E-state index contributed by atoms with van der Waals surface area (Å²) in [6.45, 7) is 3.58. The summed E-state index contributed by atoms with van der Waals surface area (Å²) in [5.41, 5.74) is 1.33. The van der Waals surface area contributed by atoms with Crippen LogP contribution in [-0.2, 0) is 0 Å². The fourth-order valence-corrected chi connectivity index (χ4v) is 3.35. The SMILES string of the molecule is CC(C)Oc1ncc(C(=O)Nc2c(I)cccc2N2CCC(F)(F)C2)cn1. The van der Waals surface area contributed by atoms with E-state index in [0.717, 1.165) is 3.57 Å². The molecule has 1 saturated heterocycles. The predicted molar refractivity (Wildman–Crippen MR) is 107 cm³/mol. The third kappa shape index (κ3) is 4.82. The molecule has 2 aromatic rings. The van der Waals surface area contributed by atoms with Gasteiger partial charge in [-0.2, -0.15) is 0 Å². The molecule has 3 rings (SSSR count). The Hall–Kier alpha value is -2.04. The quantitative estimate of drug-likeness (QED) is 0.646. The van der Waals surface area contributed by atoms with Crippen molar-refractivity contribution in [2.45, 2.75) is 32.3 Å². The molecule has 0 spiro atoms. The van der Waals surface area contributed by atoms with E-state index in [9.17, 15) is 13.6 Å². The van der Waals surface area contributed by atoms with Crippen LogP contribution in [0.15, 0.2) is 30.6 Å². The average molecular weight is 488 g/mol. The van der Waals surface area contributed by atoms with Crippen molar-refractivity contribution in [1.82, 2.24) is 9.97 Å². The van der Waals surface area contributed by atoms with Crippen LogP contribution in [0.3, 0.4) is 0 Å². The summed E-state index contributed by atoms with van der Waals surface area (Å²) in [4.78, 5) is 22.2. The van der Waals surface area contributed by atoms with Gasteiger partial charge in [0.2, 0.25) is 0 Å². The molecule has 1 N–H and O–H groups in total. The second kappa shape index (κ2) is 7.91. The van der Waals surface area contributed by atoms with Crippen LogP contribution in [0.2, 0.25) is 0 Å². The lowest BCUT2D eigenvalue weighted by Crippen LogP contribution is -2.26. The number of carbonyl (C=O) groups excluding carboxylic acids is 1. The fraction of sp³-hybridized carbons (Fsp3) is 0.389. The highest BCUT2D eigenvalue weighted by Crippen LogP contribution is 2.37. The smallest absolute Gasteiger partial charge is 0.316 e. The molecular weight excluding hydrogens is 469 g/mol. The van der Waals surface area contributed by atoms with Gasteiger partial charge >= 0.3 is 6.01 Å². The predicted octanol–water partition coefficient (Wildman–Crippen LogP) is 3.97. The van der Waals surface area contributed by atoms with Gasteiger partial charge in [-0.25, -0.2) is 18.7 Å². The van der Waals surface area contributed by atoms with Crippen LogP contribution < -0.4 is 15.0 Å². The van der Waals surface area contributed by atoms with Gasteiger partial charge in [-0.3, -0.25) is 4.79 Å². The van der Waals surface area contributed by atoms with E-state index >= 15 is 0 Å². The minimum absolute atomic E-state index is 0.0725. The van der Waals surface area contributed by atoms with Gasteiger partial charge in [0, 0.05) is 28.9 Å². The highest BCUT2D eigenvalue weighted by Gasteiger charge is 2.39. The Morgan fingerprint density at radius 1 is 1.33 bits per heavy atom. The number of nitrogens with zero attached hydrogens (tertiary/aromatic N) is 3. The summed E-state index contributed by atoms with van der Waals surface area (Å²) in [6.07, 6.45) is 2.48. The van der Waals surface area contributed by atoms with E-state index in [1.165, 1.54) is 12.4 Å². The van der Waals surface area contributed by atoms with Gasteiger partial charge in [-0.05, 0) is 48.6 Å². The number of hydrogen-bond acceptors (Lipinski definition) is 5. The number of benzene rings is 1. The summed E-state index contributed by atoms with van der Waals surface area (Å²) >= 11 is 2.07. The van der Waals surface area contributed by atoms with Crippen LogP contribution in [0.5, 0.6) is 6.01 Å². The van der Waals surface area contributed by atoms with Gasteiger partial charge in [0.05, 0.1) is 29.6 Å². The van der Waals surface area contributed by atoms with Crippen molar-refractivity contribution >= 4 is 39.9 Å². The van der Waals surface area contributed by atoms with Gasteiger partial charge in [0.15, 0.2) is 0 Å². The van der Waals surface area contributed by atoms with Crippen LogP contribution >= 0.6 is 22.6 Å². The zero-order valence-corrected chi connectivity index (χ0v) is 17.0. The summed E-state index contributed by atoms with van der Waals surface area (Å²) < 4.78 is 33.3. The number of aromatic nitrogens is 2. The minimum Gasteiger partial charge on any atom is -0.461 e. The van der Waals surface area contributed by atoms with Gasteiger partial charge in [0.25, 0.3) is 11.8 Å². The van der Waals surface area contributed by atoms with E-state index in [-0.39, 0.29) is 37.2 Å². The highest BCUT2D eigenvalue weighted by molar-refractivity contribution is 14.1. The van der Waals surface area contributed by atoms with E-state index in [2.05, 4.69) is 37.9 Å². The molecule has 144 valence electrons. The molecule has 27 heavy (non-hydrogen) atoms. The van der Waals surface area contributed by atoms with Crippen LogP contribution in [0.1, 0.15) is 30.6 Å². The molecule has 1 aliphatic rings. The Bertz CT molecular complexity index is 831. The number of anilines is 2. The molecule has 9 heteroatoms. The number of amides is 1. The minimum atomic E-state index is -2.72. The number of hydrogen-bond donors (Lipinski definition) is 1. The first-order valence-corrected chi connectivity index (χ1v) is 9.54. The highest BCUT2D eigenvalue weighted by atomic mass is 127. The van der Waals surface area contributed by atoms with Crippen molar-refractivity contribution in [2.24, 2.45) is 0 Å². The molecule has 0 atom stereocenters. The average Bonchev–Trinajstić information content (AvgIpc) is 2.96. The van der Waals surface area contributed by atoms with Crippen molar-refractivity contribution in [3.05, 3.63) is 39.7 Å². The van der Waals surface area contributed by atoms with Gasteiger partial charge in [0.1, 0.15) is 0 Å². The van der Waals surface area contributed by atoms with Crippen LogP contribution in [-0.4, -0.2) is 41.0 Å². The van der Waals surface area contributed by atoms with Crippen molar-refractivity contribution in [3.63, 3.8) is 0 Å². The number of nitrogens with one attached hydrogen (secondary N) is 1. The molecule has 0 radical (unpaired) electrons. The zero-order valence-electron chi connectivity index (χ0n) is 14.9. The molecule has 1 fully saturated rings. The molecule has 1 aromatic carbocycles. The molecule has 0 unspecified atom stereocenters. The Morgan fingerprint density at radius 2 is 2.04 bits per heavy atom. The fourth-order valence-electron chi connectivity index (χ4n) is 2.73. The third-order valence-electron chi connectivity index (χ3n) is 3.97. The van der Waals surface area contributed by atoms with Crippen molar-refractivity contribution in [2.75, 3.05) is 23.3 Å². The molecule has 1 amide bonds. The molecule has 2 heterocycles. The molecule has 1 aliphatic heterocycles. The molecule has 6 nitrogen and oxygen atoms in total. The Labute approximate surface area is 169 Å². The first kappa shape index (κ1) is 19.7. The number of halogens is 3. The Balaban J connectivity index is 1.80. The Morgan fingerprint density at radius 3 is 2.63 bits per heavy atom. The van der Waals surface area contributed by atoms with Crippen molar-refractivity contribution in [1.29, 1.82) is 0 Å². The van der Waals surface area contributed by atoms with E-state index in [0.29, 0.717) is 11.4 Å². The molecule has 0 saturated carbocycles. The molecule has 0 bridgehead atoms. The van der Waals surface area contributed by atoms with Gasteiger partial charge in [-0.15, -0.1) is 0 Å². The maximum absolute atomic E-state index is 13.6. The number of carbonyl (C=O) groups is 1. The summed E-state index contributed by atoms with van der Waals surface area (Å²) in [5, 5.41) is 2.81. The second-order valence-electron chi connectivity index (χ2n) is 6.54. The number of para-hydroxylation sites is 1. The lowest BCUT2D eigenvalue weighted by atomic mass is 10.2. The topological polar surface area (TPSA) is 67.3 Å². The van der Waals surface area contributed by atoms with E-state index in [4.69, 9.17) is 4.74 Å². The summed E-state index contributed by atoms with van der Waals surface area (Å²) in [5.74, 6) is -3.13. The van der Waals surface area contributed by atoms with E-state index < -0.39 is 11.8 Å². The van der Waals surface area contributed by atoms with Crippen LogP contribution in [0.4, 0.5) is 20.2 Å².